The second kappa shape index (κ2) is 15.4. The maximum atomic E-state index is 12.6. The average molecular weight is 659 g/mol. The van der Waals surface area contributed by atoms with Crippen molar-refractivity contribution in [2.75, 3.05) is 75.7 Å². The number of aryl methyl sites for hydroxylation is 3. The molecule has 258 valence electrons. The third kappa shape index (κ3) is 8.27. The minimum absolute atomic E-state index is 0.0349. The first kappa shape index (κ1) is 33.7. The number of piperazine rings is 1. The smallest absolute Gasteiger partial charge is 0.304 e. The molecular weight excluding hydrogens is 608 g/mol. The van der Waals surface area contributed by atoms with E-state index in [9.17, 15) is 14.7 Å². The molecule has 2 atom stereocenters. The molecule has 3 aromatic rings. The molecule has 1 aromatic carbocycles. The van der Waals surface area contributed by atoms with Crippen molar-refractivity contribution in [3.63, 3.8) is 0 Å². The van der Waals surface area contributed by atoms with Crippen molar-refractivity contribution < 1.29 is 19.4 Å². The lowest BCUT2D eigenvalue weighted by Gasteiger charge is -2.37. The number of hydrogen-bond donors (Lipinski definition) is 3. The number of ether oxygens (including phenoxy) is 1. The zero-order chi connectivity index (χ0) is 33.6. The predicted molar refractivity (Wildman–Crippen MR) is 186 cm³/mol. The molecule has 0 aliphatic carbocycles. The third-order valence-corrected chi connectivity index (χ3v) is 9.85. The lowest BCUT2D eigenvalue weighted by Crippen LogP contribution is -2.48. The van der Waals surface area contributed by atoms with Crippen molar-refractivity contribution in [3.8, 4) is 11.6 Å². The van der Waals surface area contributed by atoms with Crippen LogP contribution in [0, 0.1) is 19.8 Å². The molecule has 0 saturated carbocycles. The highest BCUT2D eigenvalue weighted by molar-refractivity contribution is 5.76. The van der Waals surface area contributed by atoms with E-state index in [2.05, 4.69) is 50.4 Å². The van der Waals surface area contributed by atoms with Crippen LogP contribution in [-0.4, -0.2) is 107 Å². The molecule has 3 aliphatic heterocycles. The van der Waals surface area contributed by atoms with E-state index in [0.717, 1.165) is 73.0 Å². The Labute approximate surface area is 283 Å². The fourth-order valence-corrected chi connectivity index (χ4v) is 7.29. The van der Waals surface area contributed by atoms with Crippen LogP contribution in [0.2, 0.25) is 0 Å². The molecule has 2 fully saturated rings. The highest BCUT2D eigenvalue weighted by Gasteiger charge is 2.29. The van der Waals surface area contributed by atoms with Crippen molar-refractivity contribution in [2.45, 2.75) is 58.3 Å². The molecule has 5 heterocycles. The molecule has 12 nitrogen and oxygen atoms in total. The van der Waals surface area contributed by atoms with Gasteiger partial charge in [-0.05, 0) is 94.1 Å². The van der Waals surface area contributed by atoms with E-state index in [4.69, 9.17) is 15.6 Å². The quantitative estimate of drug-likeness (QED) is 0.250. The summed E-state index contributed by atoms with van der Waals surface area (Å²) in [6.07, 6.45) is 4.38. The third-order valence-electron chi connectivity index (χ3n) is 9.85. The second-order valence-corrected chi connectivity index (χ2v) is 13.6. The molecule has 4 N–H and O–H groups in total. The van der Waals surface area contributed by atoms with Gasteiger partial charge in [0.25, 0.3) is 0 Å². The fourth-order valence-electron chi connectivity index (χ4n) is 7.29. The fraction of sp³-hybridized carbons (Fsp3) is 0.556. The molecule has 0 bridgehead atoms. The van der Waals surface area contributed by atoms with Crippen LogP contribution in [0.15, 0.2) is 36.4 Å². The summed E-state index contributed by atoms with van der Waals surface area (Å²) in [5.41, 5.74) is 11.8. The van der Waals surface area contributed by atoms with Crippen LogP contribution in [0.25, 0.3) is 5.69 Å². The average Bonchev–Trinajstić information content (AvgIpc) is 3.69. The number of anilines is 2. The largest absolute Gasteiger partial charge is 0.481 e. The van der Waals surface area contributed by atoms with E-state index in [1.165, 1.54) is 5.56 Å². The molecule has 48 heavy (non-hydrogen) atoms. The minimum atomic E-state index is -0.811. The molecule has 3 aliphatic rings. The highest BCUT2D eigenvalue weighted by Crippen LogP contribution is 2.32. The van der Waals surface area contributed by atoms with Crippen molar-refractivity contribution in [3.05, 3.63) is 58.9 Å². The Morgan fingerprint density at radius 3 is 2.65 bits per heavy atom. The Balaban J connectivity index is 1.17. The number of aliphatic carboxylic acids is 1. The van der Waals surface area contributed by atoms with Crippen LogP contribution >= 0.6 is 0 Å². The van der Waals surface area contributed by atoms with Gasteiger partial charge in [0.15, 0.2) is 0 Å². The monoisotopic (exact) mass is 658 g/mol. The molecule has 2 unspecified atom stereocenters. The molecular formula is C36H50N8O4. The standard InChI is InChI=1S/C36H50N8O4/c1-25-17-26(2)44(40-25)32-19-29(18-31(21-32)42-13-15-43(16-14-42)34(45)6-3-10-37)30(20-35(46)47)23-41-12-9-27(22-41)24-48-33-8-7-28-5-4-11-38-36(28)39-33/h7-8,17-19,21,27,30H,3-6,9-16,20,22-24,37H2,1-2H3,(H,38,39)(H,46,47). The number of carboxylic acids is 1. The van der Waals surface area contributed by atoms with E-state index in [1.807, 2.05) is 29.5 Å². The van der Waals surface area contributed by atoms with Gasteiger partial charge in [0.05, 0.1) is 24.4 Å². The zero-order valence-corrected chi connectivity index (χ0v) is 28.4. The number of nitrogens with zero attached hydrogens (tertiary/aromatic N) is 6. The van der Waals surface area contributed by atoms with E-state index in [0.29, 0.717) is 70.5 Å². The lowest BCUT2D eigenvalue weighted by atomic mass is 9.93. The van der Waals surface area contributed by atoms with Gasteiger partial charge in [-0.3, -0.25) is 9.59 Å². The molecule has 2 aromatic heterocycles. The topological polar surface area (TPSA) is 142 Å². The number of carbonyl (C=O) groups excluding carboxylic acids is 1. The molecule has 0 radical (unpaired) electrons. The van der Waals surface area contributed by atoms with E-state index < -0.39 is 5.97 Å². The van der Waals surface area contributed by atoms with Crippen molar-refractivity contribution in [1.29, 1.82) is 0 Å². The molecule has 12 heteroatoms. The number of amides is 1. The normalized spacial score (nSPS) is 18.8. The summed E-state index contributed by atoms with van der Waals surface area (Å²) in [6, 6.07) is 12.5. The number of carbonyl (C=O) groups is 2. The van der Waals surface area contributed by atoms with Gasteiger partial charge in [-0.15, -0.1) is 0 Å². The van der Waals surface area contributed by atoms with Crippen molar-refractivity contribution in [1.82, 2.24) is 24.6 Å². The number of fused-ring (bicyclic) bond motifs is 1. The number of hydrogen-bond acceptors (Lipinski definition) is 9. The van der Waals surface area contributed by atoms with E-state index in [-0.39, 0.29) is 18.2 Å². The molecule has 2 saturated heterocycles. The summed E-state index contributed by atoms with van der Waals surface area (Å²) in [6.45, 7) is 11.2. The SMILES string of the molecule is Cc1cc(C)n(-c2cc(C(CC(=O)O)CN3CCC(COc4ccc5c(n4)NCCC5)C3)cc(N3CCN(C(=O)CCCN)CC3)c2)n1. The Kier molecular flexibility index (Phi) is 10.8. The van der Waals surface area contributed by atoms with Crippen LogP contribution in [0.4, 0.5) is 11.5 Å². The number of pyridine rings is 1. The number of nitrogens with two attached hydrogens (primary N) is 1. The van der Waals surface area contributed by atoms with Crippen molar-refractivity contribution in [2.24, 2.45) is 11.7 Å². The van der Waals surface area contributed by atoms with Crippen LogP contribution in [0.3, 0.4) is 0 Å². The van der Waals surface area contributed by atoms with Gasteiger partial charge >= 0.3 is 5.97 Å². The van der Waals surface area contributed by atoms with Crippen LogP contribution in [0.1, 0.15) is 60.5 Å². The first-order chi connectivity index (χ1) is 23.2. The number of rotatable bonds is 13. The minimum Gasteiger partial charge on any atom is -0.481 e. The van der Waals surface area contributed by atoms with Gasteiger partial charge in [0, 0.05) is 81.5 Å². The number of aromatic nitrogens is 3. The molecule has 0 spiro atoms. The number of likely N-dealkylation sites (tertiary alicyclic amines) is 1. The number of nitrogens with one attached hydrogen (secondary N) is 1. The molecule has 1 amide bonds. The Bertz CT molecular complexity index is 1580. The number of benzene rings is 1. The zero-order valence-electron chi connectivity index (χ0n) is 28.4. The van der Waals surface area contributed by atoms with Crippen LogP contribution < -0.4 is 20.7 Å². The summed E-state index contributed by atoms with van der Waals surface area (Å²) in [7, 11) is 0. The van der Waals surface area contributed by atoms with Crippen LogP contribution in [0.5, 0.6) is 5.88 Å². The van der Waals surface area contributed by atoms with Gasteiger partial charge in [0.2, 0.25) is 11.8 Å². The van der Waals surface area contributed by atoms with Gasteiger partial charge in [0.1, 0.15) is 5.82 Å². The summed E-state index contributed by atoms with van der Waals surface area (Å²) in [4.78, 5) is 36.2. The maximum Gasteiger partial charge on any atom is 0.304 e. The van der Waals surface area contributed by atoms with E-state index >= 15 is 0 Å². The number of carboxylic acid groups (broad SMARTS) is 1. The Morgan fingerprint density at radius 2 is 1.90 bits per heavy atom. The van der Waals surface area contributed by atoms with Crippen molar-refractivity contribution >= 4 is 23.4 Å². The summed E-state index contributed by atoms with van der Waals surface area (Å²) < 4.78 is 8.09. The summed E-state index contributed by atoms with van der Waals surface area (Å²) in [5.74, 6) is 1.08. The van der Waals surface area contributed by atoms with E-state index in [1.54, 1.807) is 0 Å². The summed E-state index contributed by atoms with van der Waals surface area (Å²) in [5, 5.41) is 18.2. The van der Waals surface area contributed by atoms with Gasteiger partial charge in [-0.25, -0.2) is 4.68 Å². The first-order valence-electron chi connectivity index (χ1n) is 17.5. The first-order valence-corrected chi connectivity index (χ1v) is 17.5. The Morgan fingerprint density at radius 1 is 1.08 bits per heavy atom. The lowest BCUT2D eigenvalue weighted by molar-refractivity contribution is -0.137. The van der Waals surface area contributed by atoms with Gasteiger partial charge < -0.3 is 35.6 Å². The highest BCUT2D eigenvalue weighted by atomic mass is 16.5. The van der Waals surface area contributed by atoms with Gasteiger partial charge in [-0.2, -0.15) is 10.1 Å². The van der Waals surface area contributed by atoms with Gasteiger partial charge in [-0.1, -0.05) is 0 Å². The van der Waals surface area contributed by atoms with Crippen LogP contribution in [-0.2, 0) is 16.0 Å². The summed E-state index contributed by atoms with van der Waals surface area (Å²) >= 11 is 0. The maximum absolute atomic E-state index is 12.6. The molecule has 6 rings (SSSR count). The predicted octanol–water partition coefficient (Wildman–Crippen LogP) is 3.59. The second-order valence-electron chi connectivity index (χ2n) is 13.6. The Hall–Kier alpha value is -4.16.